The topological polar surface area (TPSA) is 58.6 Å². The van der Waals surface area contributed by atoms with E-state index in [4.69, 9.17) is 10.7 Å². The Bertz CT molecular complexity index is 3490. The predicted octanol–water partition coefficient (Wildman–Crippen LogP) is 14.2. The molecule has 1 unspecified atom stereocenters. The summed E-state index contributed by atoms with van der Waals surface area (Å²) in [5.74, 6) is 0.760. The molecule has 0 saturated carbocycles. The molecular formula is C58H45N5. The van der Waals surface area contributed by atoms with Crippen LogP contribution in [0.15, 0.2) is 223 Å². The third-order valence-electron chi connectivity index (χ3n) is 12.3. The third-order valence-corrected chi connectivity index (χ3v) is 12.3. The largest absolute Gasteiger partial charge is 0.351 e. The minimum atomic E-state index is -0.491. The second-order valence-electron chi connectivity index (χ2n) is 16.2. The summed E-state index contributed by atoms with van der Waals surface area (Å²) >= 11 is 0. The Morgan fingerprint density at radius 2 is 1.19 bits per heavy atom. The Hall–Kier alpha value is -7.99. The summed E-state index contributed by atoms with van der Waals surface area (Å²) in [6.07, 6.45) is -0.491. The minimum absolute atomic E-state index is 0.491. The quantitative estimate of drug-likeness (QED) is 0.0867. The summed E-state index contributed by atoms with van der Waals surface area (Å²) in [4.78, 5) is 7.43. The zero-order valence-corrected chi connectivity index (χ0v) is 35.0. The Morgan fingerprint density at radius 3 is 2.02 bits per heavy atom. The zero-order valence-electron chi connectivity index (χ0n) is 35.0. The number of amidine groups is 1. The van der Waals surface area contributed by atoms with Crippen molar-refractivity contribution >= 4 is 77.0 Å². The molecule has 1 atom stereocenters. The van der Waals surface area contributed by atoms with Gasteiger partial charge in [0, 0.05) is 38.5 Å². The van der Waals surface area contributed by atoms with Gasteiger partial charge in [-0.15, -0.1) is 0 Å². The average Bonchev–Trinajstić information content (AvgIpc) is 3.67. The molecule has 3 N–H and O–H groups in total. The number of hydrogen-bond acceptors (Lipinski definition) is 3. The van der Waals surface area contributed by atoms with Gasteiger partial charge in [-0.3, -0.25) is 4.99 Å². The summed E-state index contributed by atoms with van der Waals surface area (Å²) in [6.45, 7) is 2.74. The molecule has 0 aliphatic heterocycles. The molecule has 302 valence electrons. The van der Waals surface area contributed by atoms with Gasteiger partial charge in [0.2, 0.25) is 0 Å². The van der Waals surface area contributed by atoms with Gasteiger partial charge in [-0.25, -0.2) is 0 Å². The number of nitrogens with two attached hydrogens (primary N) is 1. The van der Waals surface area contributed by atoms with Crippen molar-refractivity contribution in [1.29, 1.82) is 0 Å². The van der Waals surface area contributed by atoms with Crippen molar-refractivity contribution in [2.75, 3.05) is 4.90 Å². The van der Waals surface area contributed by atoms with Crippen molar-refractivity contribution in [3.05, 3.63) is 241 Å². The highest BCUT2D eigenvalue weighted by atomic mass is 15.1. The van der Waals surface area contributed by atoms with E-state index in [2.05, 4.69) is 204 Å². The Kier molecular flexibility index (Phi) is 9.72. The van der Waals surface area contributed by atoms with Crippen molar-refractivity contribution < 1.29 is 0 Å². The summed E-state index contributed by atoms with van der Waals surface area (Å²) < 4.78 is 2.47. The van der Waals surface area contributed by atoms with Crippen LogP contribution in [-0.4, -0.2) is 10.4 Å². The summed E-state index contributed by atoms with van der Waals surface area (Å²) in [5, 5.41) is 13.2. The van der Waals surface area contributed by atoms with Crippen molar-refractivity contribution in [2.45, 2.75) is 19.6 Å². The maximum absolute atomic E-state index is 7.00. The monoisotopic (exact) mass is 811 g/mol. The highest BCUT2D eigenvalue weighted by Gasteiger charge is 2.22. The van der Waals surface area contributed by atoms with E-state index >= 15 is 0 Å². The Labute approximate surface area is 367 Å². The van der Waals surface area contributed by atoms with Gasteiger partial charge in [0.15, 0.2) is 0 Å². The first-order chi connectivity index (χ1) is 31.1. The molecule has 11 aromatic rings. The second kappa shape index (κ2) is 16.1. The maximum atomic E-state index is 7.00. The van der Waals surface area contributed by atoms with Crippen molar-refractivity contribution in [3.8, 4) is 5.69 Å². The fourth-order valence-electron chi connectivity index (χ4n) is 9.27. The van der Waals surface area contributed by atoms with E-state index in [0.29, 0.717) is 6.54 Å². The predicted molar refractivity (Wildman–Crippen MR) is 266 cm³/mol. The van der Waals surface area contributed by atoms with Crippen LogP contribution in [0.2, 0.25) is 0 Å². The van der Waals surface area contributed by atoms with Crippen LogP contribution in [0.5, 0.6) is 0 Å². The van der Waals surface area contributed by atoms with Gasteiger partial charge < -0.3 is 20.5 Å². The molecule has 63 heavy (non-hydrogen) atoms. The van der Waals surface area contributed by atoms with E-state index in [1.807, 2.05) is 36.4 Å². The summed E-state index contributed by atoms with van der Waals surface area (Å²) in [7, 11) is 0. The standard InChI is InChI=1S/C58H45N5/c1-39-16-8-13-27-51(39)62(52-28-15-24-44-36-45(30-33-48(44)52)57(59)61-58(43-21-6-3-7-22-43)60-38-40-17-4-2-5-18-40)46-32-34-50-55(37-46)63(53-29-14-23-41-19-9-11-25-47(41)53)54-35-31-42-20-10-12-26-49(42)56(50)54/h2-37,57H,38,59H2,1H3,(H,60,61). The number of anilines is 3. The van der Waals surface area contributed by atoms with Gasteiger partial charge in [0.25, 0.3) is 0 Å². The van der Waals surface area contributed by atoms with Crippen LogP contribution in [-0.2, 0) is 6.54 Å². The molecular weight excluding hydrogens is 767 g/mol. The number of nitrogens with zero attached hydrogens (tertiary/aromatic N) is 3. The molecule has 0 spiro atoms. The van der Waals surface area contributed by atoms with E-state index in [1.54, 1.807) is 0 Å². The van der Waals surface area contributed by atoms with Crippen LogP contribution >= 0.6 is 0 Å². The number of aliphatic imine (C=N–C) groups is 1. The molecule has 0 saturated heterocycles. The fraction of sp³-hybridized carbons (Fsp3) is 0.0517. The highest BCUT2D eigenvalue weighted by Crippen LogP contribution is 2.44. The molecule has 1 aromatic heterocycles. The lowest BCUT2D eigenvalue weighted by atomic mass is 10.0. The lowest BCUT2D eigenvalue weighted by molar-refractivity contribution is 0.679. The Morgan fingerprint density at radius 1 is 0.540 bits per heavy atom. The molecule has 10 aromatic carbocycles. The molecule has 0 bridgehead atoms. The van der Waals surface area contributed by atoms with Crippen LogP contribution in [0.25, 0.3) is 59.8 Å². The molecule has 5 nitrogen and oxygen atoms in total. The van der Waals surface area contributed by atoms with Crippen molar-refractivity contribution in [2.24, 2.45) is 10.7 Å². The molecule has 0 aliphatic carbocycles. The zero-order chi connectivity index (χ0) is 42.3. The van der Waals surface area contributed by atoms with Crippen LogP contribution < -0.4 is 16.0 Å². The Balaban J connectivity index is 1.06. The lowest BCUT2D eigenvalue weighted by Crippen LogP contribution is -2.34. The fourth-order valence-corrected chi connectivity index (χ4v) is 9.27. The maximum Gasteiger partial charge on any atom is 0.130 e. The van der Waals surface area contributed by atoms with Crippen molar-refractivity contribution in [3.63, 3.8) is 0 Å². The number of aryl methyl sites for hydroxylation is 1. The summed E-state index contributed by atoms with van der Waals surface area (Å²) in [6, 6.07) is 77.9. The van der Waals surface area contributed by atoms with Crippen LogP contribution in [0.3, 0.4) is 0 Å². The first kappa shape index (κ1) is 38.0. The first-order valence-electron chi connectivity index (χ1n) is 21.6. The normalized spacial score (nSPS) is 12.4. The van der Waals surface area contributed by atoms with E-state index < -0.39 is 6.17 Å². The van der Waals surface area contributed by atoms with Gasteiger partial charge >= 0.3 is 0 Å². The van der Waals surface area contributed by atoms with Gasteiger partial charge in [-0.1, -0.05) is 176 Å². The third kappa shape index (κ3) is 6.95. The number of hydrogen-bond donors (Lipinski definition) is 2. The second-order valence-corrected chi connectivity index (χ2v) is 16.2. The van der Waals surface area contributed by atoms with E-state index in [-0.39, 0.29) is 0 Å². The average molecular weight is 812 g/mol. The van der Waals surface area contributed by atoms with Crippen LogP contribution in [0.1, 0.15) is 28.4 Å². The molecule has 1 heterocycles. The molecule has 11 rings (SSSR count). The number of para-hydroxylation sites is 1. The molecule has 5 heteroatoms. The summed E-state index contributed by atoms with van der Waals surface area (Å²) in [5.41, 5.74) is 18.1. The number of nitrogens with one attached hydrogen (secondary N) is 1. The first-order valence-corrected chi connectivity index (χ1v) is 21.6. The van der Waals surface area contributed by atoms with Crippen LogP contribution in [0.4, 0.5) is 17.1 Å². The highest BCUT2D eigenvalue weighted by molar-refractivity contribution is 6.22. The van der Waals surface area contributed by atoms with Gasteiger partial charge in [0.05, 0.1) is 29.0 Å². The number of fused-ring (bicyclic) bond motifs is 7. The molecule has 0 fully saturated rings. The molecule has 0 amide bonds. The lowest BCUT2D eigenvalue weighted by Gasteiger charge is -2.29. The van der Waals surface area contributed by atoms with Crippen molar-refractivity contribution in [1.82, 2.24) is 9.88 Å². The van der Waals surface area contributed by atoms with Gasteiger partial charge in [-0.2, -0.15) is 0 Å². The smallest absolute Gasteiger partial charge is 0.130 e. The molecule has 0 radical (unpaired) electrons. The van der Waals surface area contributed by atoms with Gasteiger partial charge in [-0.05, 0) is 87.6 Å². The van der Waals surface area contributed by atoms with E-state index in [1.165, 1.54) is 43.4 Å². The number of benzene rings is 10. The van der Waals surface area contributed by atoms with Gasteiger partial charge in [0.1, 0.15) is 12.0 Å². The number of aromatic nitrogens is 1. The number of rotatable bonds is 9. The minimum Gasteiger partial charge on any atom is -0.351 e. The SMILES string of the molecule is Cc1ccccc1N(c1ccc2c3c4ccccc4ccc3n(-c3cccc4ccccc34)c2c1)c1cccc2cc(C(N)NC(=NCc3ccccc3)c3ccccc3)ccc12. The van der Waals surface area contributed by atoms with E-state index in [0.717, 1.165) is 61.6 Å². The van der Waals surface area contributed by atoms with Crippen LogP contribution in [0, 0.1) is 6.92 Å². The molecule has 0 aliphatic rings. The van der Waals surface area contributed by atoms with E-state index in [9.17, 15) is 0 Å².